The molecule has 0 bridgehead atoms. The number of thiophene rings is 2. The van der Waals surface area contributed by atoms with Crippen LogP contribution in [-0.2, 0) is 4.74 Å². The Kier molecular flexibility index (Phi) is 5.31. The molecule has 0 aliphatic carbocycles. The van der Waals surface area contributed by atoms with Crippen LogP contribution in [0.25, 0.3) is 10.2 Å². The van der Waals surface area contributed by atoms with Crippen LogP contribution in [0.3, 0.4) is 0 Å². The Morgan fingerprint density at radius 2 is 2.20 bits per heavy atom. The first-order valence-electron chi connectivity index (χ1n) is 7.90. The van der Waals surface area contributed by atoms with Gasteiger partial charge in [-0.2, -0.15) is 11.3 Å². The van der Waals surface area contributed by atoms with Crippen LogP contribution in [0, 0.1) is 13.8 Å². The van der Waals surface area contributed by atoms with Crippen molar-refractivity contribution in [2.24, 2.45) is 0 Å². The average Bonchev–Trinajstić information content (AvgIpc) is 3.21. The van der Waals surface area contributed by atoms with Crippen molar-refractivity contribution in [3.63, 3.8) is 0 Å². The quantitative estimate of drug-likeness (QED) is 0.637. The fourth-order valence-electron chi connectivity index (χ4n) is 2.54. The molecule has 1 unspecified atom stereocenters. The molecule has 3 aromatic heterocycles. The Bertz CT molecular complexity index is 890. The van der Waals surface area contributed by atoms with Crippen LogP contribution in [0.5, 0.6) is 0 Å². The second-order valence-corrected chi connectivity index (χ2v) is 7.31. The lowest BCUT2D eigenvalue weighted by Crippen LogP contribution is -2.13. The van der Waals surface area contributed by atoms with Gasteiger partial charge in [0.1, 0.15) is 21.3 Å². The van der Waals surface area contributed by atoms with Gasteiger partial charge in [0.15, 0.2) is 0 Å². The van der Waals surface area contributed by atoms with Gasteiger partial charge in [-0.05, 0) is 48.7 Å². The second-order valence-electron chi connectivity index (χ2n) is 5.53. The standard InChI is InChI=1S/C17H19N3O3S2/c1-4-23-17(22)14-9(2)13-15(19-10(3)20-16(13)25-14)18-7-12(21)11-5-6-24-8-11/h5-6,8,12,21H,4,7H2,1-3H3,(H,18,19,20). The van der Waals surface area contributed by atoms with Crippen LogP contribution < -0.4 is 5.32 Å². The molecule has 2 N–H and O–H groups in total. The largest absolute Gasteiger partial charge is 0.462 e. The number of ether oxygens (including phenoxy) is 1. The van der Waals surface area contributed by atoms with E-state index in [1.54, 1.807) is 25.2 Å². The molecule has 25 heavy (non-hydrogen) atoms. The summed E-state index contributed by atoms with van der Waals surface area (Å²) in [5.41, 5.74) is 1.67. The van der Waals surface area contributed by atoms with E-state index in [0.717, 1.165) is 21.3 Å². The molecule has 132 valence electrons. The first-order valence-corrected chi connectivity index (χ1v) is 9.66. The van der Waals surface area contributed by atoms with Gasteiger partial charge in [0, 0.05) is 6.54 Å². The van der Waals surface area contributed by atoms with E-state index < -0.39 is 6.10 Å². The maximum atomic E-state index is 12.1. The van der Waals surface area contributed by atoms with E-state index in [9.17, 15) is 9.90 Å². The first-order chi connectivity index (χ1) is 12.0. The van der Waals surface area contributed by atoms with Gasteiger partial charge < -0.3 is 15.2 Å². The molecule has 0 aliphatic rings. The van der Waals surface area contributed by atoms with Crippen LogP contribution in [0.2, 0.25) is 0 Å². The Hall–Kier alpha value is -2.03. The fraction of sp³-hybridized carbons (Fsp3) is 0.353. The number of hydrogen-bond donors (Lipinski definition) is 2. The predicted octanol–water partition coefficient (Wildman–Crippen LogP) is 3.69. The van der Waals surface area contributed by atoms with Crippen LogP contribution in [0.1, 0.15) is 39.7 Å². The Morgan fingerprint density at radius 3 is 2.88 bits per heavy atom. The van der Waals surface area contributed by atoms with Crippen molar-refractivity contribution in [1.82, 2.24) is 9.97 Å². The average molecular weight is 377 g/mol. The molecule has 0 aliphatic heterocycles. The lowest BCUT2D eigenvalue weighted by molar-refractivity contribution is 0.0531. The summed E-state index contributed by atoms with van der Waals surface area (Å²) in [5, 5.41) is 18.1. The van der Waals surface area contributed by atoms with Crippen molar-refractivity contribution in [3.8, 4) is 0 Å². The number of aryl methyl sites for hydroxylation is 2. The van der Waals surface area contributed by atoms with Gasteiger partial charge in [-0.1, -0.05) is 0 Å². The van der Waals surface area contributed by atoms with Crippen LogP contribution in [0.15, 0.2) is 16.8 Å². The highest BCUT2D eigenvalue weighted by Gasteiger charge is 2.21. The highest BCUT2D eigenvalue weighted by molar-refractivity contribution is 7.20. The third kappa shape index (κ3) is 3.65. The van der Waals surface area contributed by atoms with Gasteiger partial charge in [-0.25, -0.2) is 14.8 Å². The maximum absolute atomic E-state index is 12.1. The number of aromatic nitrogens is 2. The number of hydrogen-bond acceptors (Lipinski definition) is 8. The monoisotopic (exact) mass is 377 g/mol. The van der Waals surface area contributed by atoms with E-state index in [-0.39, 0.29) is 5.97 Å². The van der Waals surface area contributed by atoms with E-state index in [1.165, 1.54) is 11.3 Å². The molecule has 3 rings (SSSR count). The number of nitrogens with one attached hydrogen (secondary N) is 1. The molecule has 0 aromatic carbocycles. The van der Waals surface area contributed by atoms with Crippen molar-refractivity contribution >= 4 is 44.7 Å². The number of esters is 1. The van der Waals surface area contributed by atoms with Gasteiger partial charge in [-0.15, -0.1) is 11.3 Å². The zero-order chi connectivity index (χ0) is 18.0. The minimum Gasteiger partial charge on any atom is -0.462 e. The van der Waals surface area contributed by atoms with Crippen molar-refractivity contribution < 1.29 is 14.6 Å². The van der Waals surface area contributed by atoms with Gasteiger partial charge in [0.2, 0.25) is 0 Å². The zero-order valence-electron chi connectivity index (χ0n) is 14.2. The maximum Gasteiger partial charge on any atom is 0.348 e. The molecule has 0 fully saturated rings. The normalized spacial score (nSPS) is 12.3. The van der Waals surface area contributed by atoms with Gasteiger partial charge in [-0.3, -0.25) is 0 Å². The van der Waals surface area contributed by atoms with Crippen LogP contribution in [0.4, 0.5) is 5.82 Å². The highest BCUT2D eigenvalue weighted by atomic mass is 32.1. The predicted molar refractivity (Wildman–Crippen MR) is 101 cm³/mol. The number of nitrogens with zero attached hydrogens (tertiary/aromatic N) is 2. The lowest BCUT2D eigenvalue weighted by Gasteiger charge is -2.12. The molecule has 0 spiro atoms. The van der Waals surface area contributed by atoms with Gasteiger partial charge in [0.25, 0.3) is 0 Å². The molecular weight excluding hydrogens is 358 g/mol. The lowest BCUT2D eigenvalue weighted by atomic mass is 10.2. The van der Waals surface area contributed by atoms with Crippen LogP contribution >= 0.6 is 22.7 Å². The summed E-state index contributed by atoms with van der Waals surface area (Å²) in [5.74, 6) is 0.891. The minimum absolute atomic E-state index is 0.326. The molecule has 1 atom stereocenters. The Morgan fingerprint density at radius 1 is 1.40 bits per heavy atom. The van der Waals surface area contributed by atoms with Crippen molar-refractivity contribution in [2.75, 3.05) is 18.5 Å². The second kappa shape index (κ2) is 7.47. The third-order valence-corrected chi connectivity index (χ3v) is 5.62. The summed E-state index contributed by atoms with van der Waals surface area (Å²) in [6, 6.07) is 1.90. The summed E-state index contributed by atoms with van der Waals surface area (Å²) in [6.45, 7) is 6.11. The molecular formula is C17H19N3O3S2. The molecule has 3 heterocycles. The fourth-order valence-corrected chi connectivity index (χ4v) is 4.37. The molecule has 0 saturated carbocycles. The van der Waals surface area contributed by atoms with Gasteiger partial charge >= 0.3 is 5.97 Å². The number of carbonyl (C=O) groups excluding carboxylic acids is 1. The number of anilines is 1. The summed E-state index contributed by atoms with van der Waals surface area (Å²) in [4.78, 5) is 22.3. The summed E-state index contributed by atoms with van der Waals surface area (Å²) in [6.07, 6.45) is -0.625. The molecule has 6 nitrogen and oxygen atoms in total. The van der Waals surface area contributed by atoms with Gasteiger partial charge in [0.05, 0.1) is 18.1 Å². The number of aliphatic hydroxyl groups excluding tert-OH is 1. The summed E-state index contributed by atoms with van der Waals surface area (Å²) < 4.78 is 5.12. The van der Waals surface area contributed by atoms with Crippen molar-refractivity contribution in [3.05, 3.63) is 38.7 Å². The number of rotatable bonds is 6. The molecule has 0 amide bonds. The SMILES string of the molecule is CCOC(=O)c1sc2nc(C)nc(NCC(O)c3ccsc3)c2c1C. The Balaban J connectivity index is 1.93. The van der Waals surface area contributed by atoms with Crippen molar-refractivity contribution in [2.45, 2.75) is 26.9 Å². The number of fused-ring (bicyclic) bond motifs is 1. The van der Waals surface area contributed by atoms with E-state index in [4.69, 9.17) is 4.74 Å². The van der Waals surface area contributed by atoms with E-state index in [0.29, 0.717) is 29.7 Å². The third-order valence-electron chi connectivity index (χ3n) is 3.75. The van der Waals surface area contributed by atoms with E-state index >= 15 is 0 Å². The number of carbonyl (C=O) groups is 1. The minimum atomic E-state index is -0.625. The zero-order valence-corrected chi connectivity index (χ0v) is 15.8. The highest BCUT2D eigenvalue weighted by Crippen LogP contribution is 2.34. The van der Waals surface area contributed by atoms with E-state index in [1.807, 2.05) is 23.8 Å². The molecule has 0 saturated heterocycles. The summed E-state index contributed by atoms with van der Waals surface area (Å²) >= 11 is 2.85. The van der Waals surface area contributed by atoms with Crippen LogP contribution in [-0.4, -0.2) is 34.2 Å². The first kappa shape index (κ1) is 17.8. The molecule has 3 aromatic rings. The Labute approximate surface area is 153 Å². The molecule has 0 radical (unpaired) electrons. The molecule has 8 heteroatoms. The topological polar surface area (TPSA) is 84.3 Å². The van der Waals surface area contributed by atoms with E-state index in [2.05, 4.69) is 15.3 Å². The summed E-state index contributed by atoms with van der Waals surface area (Å²) in [7, 11) is 0. The number of aliphatic hydroxyl groups is 1. The smallest absolute Gasteiger partial charge is 0.348 e. The van der Waals surface area contributed by atoms with Crippen molar-refractivity contribution in [1.29, 1.82) is 0 Å².